The van der Waals surface area contributed by atoms with E-state index in [1.54, 1.807) is 10.7 Å². The molecule has 1 aliphatic carbocycles. The fourth-order valence-corrected chi connectivity index (χ4v) is 4.77. The number of halogens is 4. The van der Waals surface area contributed by atoms with Crippen LogP contribution < -0.4 is 11.3 Å². The van der Waals surface area contributed by atoms with Crippen molar-refractivity contribution in [2.24, 2.45) is 4.99 Å². The van der Waals surface area contributed by atoms with Gasteiger partial charge in [0.05, 0.1) is 29.1 Å². The Morgan fingerprint density at radius 2 is 1.74 bits per heavy atom. The number of piperidine rings is 1. The highest BCUT2D eigenvalue weighted by Gasteiger charge is 2.45. The van der Waals surface area contributed by atoms with Gasteiger partial charge in [-0.15, -0.1) is 5.10 Å². The molecule has 230 valence electrons. The molecule has 3 aromatic rings. The van der Waals surface area contributed by atoms with Gasteiger partial charge in [-0.1, -0.05) is 20.8 Å². The van der Waals surface area contributed by atoms with Crippen molar-refractivity contribution in [1.29, 1.82) is 0 Å². The Morgan fingerprint density at radius 1 is 1.10 bits per heavy atom. The molecule has 0 bridgehead atoms. The number of pyridine rings is 1. The van der Waals surface area contributed by atoms with Crippen molar-refractivity contribution in [3.05, 3.63) is 30.1 Å². The number of anilines is 1. The molecule has 0 unspecified atom stereocenters. The molecule has 0 atom stereocenters. The van der Waals surface area contributed by atoms with Crippen LogP contribution in [0.25, 0.3) is 16.8 Å². The van der Waals surface area contributed by atoms with Crippen LogP contribution in [-0.4, -0.2) is 69.0 Å². The minimum Gasteiger partial charge on any atom is -0.367 e. The van der Waals surface area contributed by atoms with Crippen molar-refractivity contribution in [2.75, 3.05) is 18.8 Å². The summed E-state index contributed by atoms with van der Waals surface area (Å²) in [5.74, 6) is -2.30. The quantitative estimate of drug-likeness (QED) is 0.203. The second-order valence-electron chi connectivity index (χ2n) is 10.8. The lowest BCUT2D eigenvalue weighted by atomic mass is 9.76. The molecule has 4 heterocycles. The van der Waals surface area contributed by atoms with E-state index in [9.17, 15) is 17.6 Å². The zero-order valence-corrected chi connectivity index (χ0v) is 25.9. The standard InChI is InChI=1S/C15H15BN6.C10H17F2N.C3H6F2.C2H6/c1-8(2)18-11-4-5-12(19-9(11)3)10-6-7-22-13(10)14(16)20-15(17)21-22;1-9(4-2-5-9)13-7-3-6-10(11,12)8-13;1-2-3(4)5;1-2/h4-7H,1-3H3,(H2,17,21);2-8H2,1H3;3H,2H2,1H3;1-2H3. The number of rotatable bonds is 4. The summed E-state index contributed by atoms with van der Waals surface area (Å²) in [6.45, 7) is 14.3. The largest absolute Gasteiger partial charge is 0.367 e. The van der Waals surface area contributed by atoms with E-state index >= 15 is 0 Å². The second kappa shape index (κ2) is 15.5. The summed E-state index contributed by atoms with van der Waals surface area (Å²) in [6, 6.07) is 5.76. The van der Waals surface area contributed by atoms with Gasteiger partial charge in [0.15, 0.2) is 0 Å². The zero-order chi connectivity index (χ0) is 31.7. The van der Waals surface area contributed by atoms with Gasteiger partial charge in [0.1, 0.15) is 7.85 Å². The number of aliphatic imine (C=N–C) groups is 1. The fraction of sp³-hybridized carbons (Fsp3) is 0.600. The number of aryl methyl sites for hydroxylation is 1. The maximum Gasteiger partial charge on any atom is 0.260 e. The van der Waals surface area contributed by atoms with Crippen LogP contribution in [0.1, 0.15) is 85.8 Å². The first kappa shape index (κ1) is 35.2. The van der Waals surface area contributed by atoms with E-state index in [1.165, 1.54) is 13.3 Å². The van der Waals surface area contributed by atoms with E-state index in [0.717, 1.165) is 47.7 Å². The monoisotopic (exact) mass is 589 g/mol. The molecule has 2 fully saturated rings. The molecule has 3 aromatic heterocycles. The van der Waals surface area contributed by atoms with Crippen molar-refractivity contribution < 1.29 is 17.6 Å². The summed E-state index contributed by atoms with van der Waals surface area (Å²) in [4.78, 5) is 15.1. The summed E-state index contributed by atoms with van der Waals surface area (Å²) < 4.78 is 49.4. The molecule has 0 amide bonds. The molecule has 2 N–H and O–H groups in total. The van der Waals surface area contributed by atoms with Crippen molar-refractivity contribution in [3.63, 3.8) is 0 Å². The van der Waals surface area contributed by atoms with Gasteiger partial charge in [0.25, 0.3) is 5.92 Å². The molecule has 1 saturated heterocycles. The molecule has 1 aliphatic heterocycles. The molecular formula is C30H44BF4N7. The lowest BCUT2D eigenvalue weighted by Crippen LogP contribution is -2.57. The van der Waals surface area contributed by atoms with E-state index in [2.05, 4.69) is 27.0 Å². The zero-order valence-electron chi connectivity index (χ0n) is 25.9. The Balaban J connectivity index is 0.000000260. The summed E-state index contributed by atoms with van der Waals surface area (Å²) in [5, 5.41) is 4.12. The molecule has 2 radical (unpaired) electrons. The smallest absolute Gasteiger partial charge is 0.260 e. The topological polar surface area (TPSA) is 84.7 Å². The van der Waals surface area contributed by atoms with Gasteiger partial charge in [-0.3, -0.25) is 14.9 Å². The van der Waals surface area contributed by atoms with Crippen LogP contribution >= 0.6 is 0 Å². The van der Waals surface area contributed by atoms with Gasteiger partial charge < -0.3 is 5.73 Å². The third-order valence-electron chi connectivity index (χ3n) is 7.13. The average molecular weight is 590 g/mol. The number of hydrogen-bond acceptors (Lipinski definition) is 6. The van der Waals surface area contributed by atoms with Crippen LogP contribution in [0, 0.1) is 6.92 Å². The molecule has 5 rings (SSSR count). The predicted molar refractivity (Wildman–Crippen MR) is 165 cm³/mol. The van der Waals surface area contributed by atoms with Gasteiger partial charge in [0, 0.05) is 41.4 Å². The Kier molecular flexibility index (Phi) is 12.9. The molecule has 12 heteroatoms. The van der Waals surface area contributed by atoms with E-state index in [0.29, 0.717) is 17.5 Å². The summed E-state index contributed by atoms with van der Waals surface area (Å²) >= 11 is 0. The van der Waals surface area contributed by atoms with E-state index in [4.69, 9.17) is 13.6 Å². The summed E-state index contributed by atoms with van der Waals surface area (Å²) in [7, 11) is 5.97. The van der Waals surface area contributed by atoms with Crippen LogP contribution in [0.15, 0.2) is 29.4 Å². The molecule has 7 nitrogen and oxygen atoms in total. The maximum atomic E-state index is 13.1. The number of hydrogen-bond donors (Lipinski definition) is 1. The van der Waals surface area contributed by atoms with E-state index in [1.807, 2.05) is 57.7 Å². The van der Waals surface area contributed by atoms with Crippen molar-refractivity contribution in [1.82, 2.24) is 24.5 Å². The Morgan fingerprint density at radius 3 is 2.24 bits per heavy atom. The normalized spacial score (nSPS) is 17.0. The minimum atomic E-state index is -2.43. The Labute approximate surface area is 248 Å². The first-order chi connectivity index (χ1) is 19.7. The molecule has 1 saturated carbocycles. The fourth-order valence-electron chi connectivity index (χ4n) is 4.77. The van der Waals surface area contributed by atoms with Crippen molar-refractivity contribution >= 4 is 36.3 Å². The number of alkyl halides is 4. The highest BCUT2D eigenvalue weighted by Crippen LogP contribution is 2.41. The molecule has 0 spiro atoms. The minimum absolute atomic E-state index is 0.0104. The van der Waals surface area contributed by atoms with Crippen molar-refractivity contribution in [3.8, 4) is 11.3 Å². The van der Waals surface area contributed by atoms with Crippen LogP contribution in [-0.2, 0) is 0 Å². The van der Waals surface area contributed by atoms with Gasteiger partial charge in [0.2, 0.25) is 12.4 Å². The third-order valence-corrected chi connectivity index (χ3v) is 7.13. The van der Waals surface area contributed by atoms with Gasteiger partial charge in [-0.2, -0.15) is 0 Å². The van der Waals surface area contributed by atoms with Gasteiger partial charge >= 0.3 is 0 Å². The first-order valence-corrected chi connectivity index (χ1v) is 14.6. The lowest BCUT2D eigenvalue weighted by Gasteiger charge is -2.50. The summed E-state index contributed by atoms with van der Waals surface area (Å²) in [5.41, 5.74) is 11.1. The average Bonchev–Trinajstić information content (AvgIpc) is 3.34. The second-order valence-corrected chi connectivity index (χ2v) is 10.8. The number of nitrogens with zero attached hydrogens (tertiary/aromatic N) is 6. The molecule has 2 aliphatic rings. The van der Waals surface area contributed by atoms with E-state index < -0.39 is 12.3 Å². The van der Waals surface area contributed by atoms with E-state index in [-0.39, 0.29) is 30.9 Å². The Bertz CT molecular complexity index is 1320. The van der Waals surface area contributed by atoms with Crippen LogP contribution in [0.4, 0.5) is 29.2 Å². The number of fused-ring (bicyclic) bond motifs is 1. The van der Waals surface area contributed by atoms with Gasteiger partial charge in [-0.25, -0.2) is 27.1 Å². The first-order valence-electron chi connectivity index (χ1n) is 14.6. The lowest BCUT2D eigenvalue weighted by molar-refractivity contribution is -0.108. The highest BCUT2D eigenvalue weighted by molar-refractivity contribution is 6.36. The Hall–Kier alpha value is -3.02. The van der Waals surface area contributed by atoms with Crippen molar-refractivity contribution in [2.45, 2.75) is 105 Å². The SMILES string of the molecule is CC.CC1(N2CCCC(F)(F)C2)CCC1.CCC(F)F.[B]c1nc(N)nn2ccc(-c3ccc(N=C(C)C)c(C)n3)c12. The summed E-state index contributed by atoms with van der Waals surface area (Å²) in [6.07, 6.45) is 3.79. The van der Waals surface area contributed by atoms with Crippen LogP contribution in [0.2, 0.25) is 0 Å². The third kappa shape index (κ3) is 9.50. The number of nitrogen functional groups attached to an aromatic ring is 1. The maximum absolute atomic E-state index is 13.1. The number of nitrogens with two attached hydrogens (primary N) is 1. The molecule has 0 aromatic carbocycles. The van der Waals surface area contributed by atoms with Gasteiger partial charge in [-0.05, 0) is 78.1 Å². The highest BCUT2D eigenvalue weighted by atomic mass is 19.3. The van der Waals surface area contributed by atoms with Crippen LogP contribution in [0.3, 0.4) is 0 Å². The number of aromatic nitrogens is 4. The van der Waals surface area contributed by atoms with Crippen LogP contribution in [0.5, 0.6) is 0 Å². The molecule has 42 heavy (non-hydrogen) atoms. The predicted octanol–water partition coefficient (Wildman–Crippen LogP) is 6.94. The number of likely N-dealkylation sites (tertiary alicyclic amines) is 1. The molecular weight excluding hydrogens is 545 g/mol.